The molecule has 2 heterocycles. The number of pyridine rings is 2. The van der Waals surface area contributed by atoms with Crippen molar-refractivity contribution in [1.29, 1.82) is 0 Å². The molecule has 0 aliphatic heterocycles. The van der Waals surface area contributed by atoms with Gasteiger partial charge in [-0.25, -0.2) is 0 Å². The summed E-state index contributed by atoms with van der Waals surface area (Å²) in [7, 11) is 0. The van der Waals surface area contributed by atoms with Crippen LogP contribution in [0, 0.1) is 6.07 Å². The van der Waals surface area contributed by atoms with E-state index in [0.717, 1.165) is 54.3 Å². The van der Waals surface area contributed by atoms with Crippen molar-refractivity contribution >= 4 is 54.3 Å². The van der Waals surface area contributed by atoms with Crippen LogP contribution in [0.15, 0.2) is 60.8 Å². The van der Waals surface area contributed by atoms with Crippen molar-refractivity contribution in [2.75, 3.05) is 0 Å². The van der Waals surface area contributed by atoms with Crippen molar-refractivity contribution in [2.45, 2.75) is 52.4 Å². The quantitative estimate of drug-likeness (QED) is 0.102. The summed E-state index contributed by atoms with van der Waals surface area (Å²) in [5.41, 5.74) is 4.71. The molecule has 0 fully saturated rings. The predicted molar refractivity (Wildman–Crippen MR) is 147 cm³/mol. The SMILES string of the molecule is CC(C)(C)c1cc(O)c2nc3c(ccc4cc5ccc6cc(C(C)(C)C)cnc6c5[c-]c43)cc2c1.[Pt]. The normalized spacial score (nSPS) is 12.6. The van der Waals surface area contributed by atoms with E-state index in [9.17, 15) is 5.11 Å². The molecule has 0 unspecified atom stereocenters. The van der Waals surface area contributed by atoms with E-state index in [4.69, 9.17) is 9.97 Å². The molecule has 1 N–H and O–H groups in total. The number of aromatic hydroxyl groups is 1. The van der Waals surface area contributed by atoms with Gasteiger partial charge in [0, 0.05) is 43.7 Å². The number of phenols is 1. The van der Waals surface area contributed by atoms with Gasteiger partial charge in [-0.15, -0.1) is 12.1 Å². The summed E-state index contributed by atoms with van der Waals surface area (Å²) >= 11 is 0. The van der Waals surface area contributed by atoms with E-state index in [1.165, 1.54) is 5.56 Å². The number of rotatable bonds is 0. The van der Waals surface area contributed by atoms with E-state index in [1.54, 1.807) is 0 Å². The number of fused-ring (bicyclic) bond motifs is 7. The van der Waals surface area contributed by atoms with Gasteiger partial charge >= 0.3 is 0 Å². The van der Waals surface area contributed by atoms with Crippen molar-refractivity contribution in [2.24, 2.45) is 0 Å². The van der Waals surface area contributed by atoms with Crippen LogP contribution in [0.3, 0.4) is 0 Å². The van der Waals surface area contributed by atoms with Crippen LogP contribution < -0.4 is 0 Å². The van der Waals surface area contributed by atoms with Crippen molar-refractivity contribution in [3.63, 3.8) is 0 Å². The molecule has 0 amide bonds. The molecule has 0 bridgehead atoms. The second-order valence-corrected chi connectivity index (χ2v) is 11.8. The Morgan fingerprint density at radius 2 is 1.14 bits per heavy atom. The Balaban J connectivity index is 0.00000267. The monoisotopic (exact) mass is 652 g/mol. The van der Waals surface area contributed by atoms with Crippen LogP contribution in [0.5, 0.6) is 5.75 Å². The first-order valence-electron chi connectivity index (χ1n) is 12.1. The molecular formula is C32H29N2OPt-. The molecule has 0 spiro atoms. The zero-order valence-electron chi connectivity index (χ0n) is 21.4. The summed E-state index contributed by atoms with van der Waals surface area (Å²) in [6.07, 6.45) is 1.99. The molecule has 3 nitrogen and oxygen atoms in total. The van der Waals surface area contributed by atoms with Crippen LogP contribution >= 0.6 is 0 Å². The molecule has 0 radical (unpaired) electrons. The minimum Gasteiger partial charge on any atom is -0.506 e. The molecule has 4 heteroatoms. The summed E-state index contributed by atoms with van der Waals surface area (Å²) < 4.78 is 0. The average Bonchev–Trinajstić information content (AvgIpc) is 2.80. The van der Waals surface area contributed by atoms with Crippen molar-refractivity contribution in [3.8, 4) is 5.75 Å². The zero-order valence-corrected chi connectivity index (χ0v) is 23.7. The average molecular weight is 653 g/mol. The maximum absolute atomic E-state index is 10.9. The number of nitrogens with zero attached hydrogens (tertiary/aromatic N) is 2. The molecule has 2 aromatic heterocycles. The fourth-order valence-electron chi connectivity index (χ4n) is 4.87. The summed E-state index contributed by atoms with van der Waals surface area (Å²) in [6.45, 7) is 13.1. The fourth-order valence-corrected chi connectivity index (χ4v) is 4.87. The third-order valence-electron chi connectivity index (χ3n) is 7.07. The number of hydrogen-bond donors (Lipinski definition) is 1. The number of benzene rings is 4. The summed E-state index contributed by atoms with van der Waals surface area (Å²) in [5, 5.41) is 18.1. The van der Waals surface area contributed by atoms with Gasteiger partial charge in [0.1, 0.15) is 11.3 Å². The molecule has 6 aromatic rings. The van der Waals surface area contributed by atoms with Crippen LogP contribution in [-0.2, 0) is 31.9 Å². The van der Waals surface area contributed by atoms with E-state index in [0.29, 0.717) is 5.52 Å². The Kier molecular flexibility index (Phi) is 5.65. The van der Waals surface area contributed by atoms with Gasteiger partial charge in [-0.05, 0) is 44.9 Å². The number of hydrogen-bond acceptors (Lipinski definition) is 3. The summed E-state index contributed by atoms with van der Waals surface area (Å²) in [4.78, 5) is 9.83. The fraction of sp³-hybridized carbons (Fsp3) is 0.250. The van der Waals surface area contributed by atoms with E-state index >= 15 is 0 Å². The predicted octanol–water partition coefficient (Wildman–Crippen LogP) is 8.34. The van der Waals surface area contributed by atoms with Crippen LogP contribution in [0.4, 0.5) is 0 Å². The number of aromatic nitrogens is 2. The van der Waals surface area contributed by atoms with E-state index < -0.39 is 0 Å². The largest absolute Gasteiger partial charge is 0.506 e. The first-order valence-corrected chi connectivity index (χ1v) is 12.1. The smallest absolute Gasteiger partial charge is 0.141 e. The third-order valence-corrected chi connectivity index (χ3v) is 7.07. The molecule has 0 atom stereocenters. The Morgan fingerprint density at radius 3 is 1.78 bits per heavy atom. The van der Waals surface area contributed by atoms with Gasteiger partial charge in [0.15, 0.2) is 0 Å². The Labute approximate surface area is 225 Å². The van der Waals surface area contributed by atoms with Gasteiger partial charge in [-0.2, -0.15) is 0 Å². The van der Waals surface area contributed by atoms with Gasteiger partial charge < -0.3 is 5.11 Å². The summed E-state index contributed by atoms with van der Waals surface area (Å²) in [6, 6.07) is 22.7. The Bertz CT molecular complexity index is 1830. The first-order chi connectivity index (χ1) is 16.5. The zero-order chi connectivity index (χ0) is 24.7. The topological polar surface area (TPSA) is 46.0 Å². The Morgan fingerprint density at radius 1 is 0.611 bits per heavy atom. The van der Waals surface area contributed by atoms with Gasteiger partial charge in [-0.3, -0.25) is 9.97 Å². The maximum Gasteiger partial charge on any atom is 0.141 e. The maximum atomic E-state index is 10.9. The van der Waals surface area contributed by atoms with Crippen LogP contribution in [-0.4, -0.2) is 15.1 Å². The minimum atomic E-state index is -0.0579. The van der Waals surface area contributed by atoms with E-state index in [2.05, 4.69) is 96.1 Å². The van der Waals surface area contributed by atoms with Crippen molar-refractivity contribution < 1.29 is 26.2 Å². The van der Waals surface area contributed by atoms with Crippen LogP contribution in [0.2, 0.25) is 0 Å². The van der Waals surface area contributed by atoms with Crippen molar-refractivity contribution in [1.82, 2.24) is 9.97 Å². The molecular weight excluding hydrogens is 623 g/mol. The van der Waals surface area contributed by atoms with Crippen LogP contribution in [0.1, 0.15) is 52.7 Å². The Hall–Kier alpha value is -3.03. The van der Waals surface area contributed by atoms with E-state index in [-0.39, 0.29) is 37.6 Å². The van der Waals surface area contributed by atoms with Gasteiger partial charge in [0.2, 0.25) is 0 Å². The van der Waals surface area contributed by atoms with Crippen LogP contribution in [0.25, 0.3) is 54.3 Å². The van der Waals surface area contributed by atoms with Gasteiger partial charge in [0.05, 0.1) is 0 Å². The second-order valence-electron chi connectivity index (χ2n) is 11.8. The molecule has 0 saturated heterocycles. The van der Waals surface area contributed by atoms with E-state index in [1.807, 2.05) is 12.3 Å². The molecule has 184 valence electrons. The standard InChI is InChI=1S/C32H29N2O.Pt/c1-31(2,3)23-14-22-12-20-9-7-19-11-18-8-10-21-13-24(32(4,5)6)17-33-28(21)25(18)16-26(19)29(20)34-30(22)27(35)15-23;/h7-15,17,35H,1-6H3;/q-1;. The number of phenolic OH excluding ortho intramolecular Hbond substituents is 1. The molecule has 6 rings (SSSR count). The molecule has 0 saturated carbocycles. The first kappa shape index (κ1) is 24.7. The van der Waals surface area contributed by atoms with Crippen molar-refractivity contribution in [3.05, 3.63) is 78.0 Å². The molecule has 0 aliphatic rings. The third kappa shape index (κ3) is 3.94. The molecule has 4 aromatic carbocycles. The second kappa shape index (κ2) is 8.25. The summed E-state index contributed by atoms with van der Waals surface area (Å²) in [5.74, 6) is 0.217. The van der Waals surface area contributed by atoms with Gasteiger partial charge in [-0.1, -0.05) is 99.5 Å². The minimum absolute atomic E-state index is 0. The van der Waals surface area contributed by atoms with Gasteiger partial charge in [0.25, 0.3) is 0 Å². The molecule has 36 heavy (non-hydrogen) atoms. The molecule has 0 aliphatic carbocycles.